The third-order valence-corrected chi connectivity index (χ3v) is 5.31. The molecule has 1 aromatic carbocycles. The van der Waals surface area contributed by atoms with Gasteiger partial charge in [0.05, 0.1) is 21.6 Å². The Balaban J connectivity index is 1.71. The van der Waals surface area contributed by atoms with E-state index in [0.717, 1.165) is 34.1 Å². The summed E-state index contributed by atoms with van der Waals surface area (Å²) in [6.45, 7) is 1.03. The molecular weight excluding hydrogens is 262 g/mol. The highest BCUT2D eigenvalue weighted by molar-refractivity contribution is 7.99. The second-order valence-electron chi connectivity index (χ2n) is 4.66. The van der Waals surface area contributed by atoms with Crippen LogP contribution in [0.25, 0.3) is 10.2 Å². The zero-order valence-electron chi connectivity index (χ0n) is 10.2. The van der Waals surface area contributed by atoms with Crippen molar-refractivity contribution < 1.29 is 0 Å². The van der Waals surface area contributed by atoms with Gasteiger partial charge < -0.3 is 11.1 Å². The summed E-state index contributed by atoms with van der Waals surface area (Å²) in [5.74, 6) is 3.39. The fourth-order valence-electron chi connectivity index (χ4n) is 2.31. The average Bonchev–Trinajstić information content (AvgIpc) is 2.88. The lowest BCUT2D eigenvalue weighted by Crippen LogP contribution is -2.19. The Morgan fingerprint density at radius 3 is 3.00 bits per heavy atom. The summed E-state index contributed by atoms with van der Waals surface area (Å²) in [5, 5.41) is 3.49. The molecule has 2 heterocycles. The van der Waals surface area contributed by atoms with E-state index in [2.05, 4.69) is 34.2 Å². The fourth-order valence-corrected chi connectivity index (χ4v) is 4.21. The zero-order valence-corrected chi connectivity index (χ0v) is 11.8. The molecule has 1 aromatic heterocycles. The molecule has 5 heteroatoms. The maximum absolute atomic E-state index is 6.16. The number of aromatic nitrogens is 1. The van der Waals surface area contributed by atoms with Crippen LogP contribution >= 0.6 is 23.1 Å². The van der Waals surface area contributed by atoms with Crippen LogP contribution in [-0.4, -0.2) is 23.0 Å². The highest BCUT2D eigenvalue weighted by atomic mass is 32.2. The topological polar surface area (TPSA) is 50.9 Å². The minimum absolute atomic E-state index is 0.789. The predicted octanol–water partition coefficient (Wildman–Crippen LogP) is 3.43. The van der Waals surface area contributed by atoms with Crippen molar-refractivity contribution in [2.45, 2.75) is 12.8 Å². The Kier molecular flexibility index (Phi) is 3.61. The fraction of sp³-hybridized carbons (Fsp3) is 0.462. The number of hydrogen-bond acceptors (Lipinski definition) is 5. The molecule has 0 saturated carbocycles. The van der Waals surface area contributed by atoms with E-state index < -0.39 is 0 Å². The summed E-state index contributed by atoms with van der Waals surface area (Å²) in [6, 6.07) is 4.18. The molecule has 1 fully saturated rings. The van der Waals surface area contributed by atoms with Crippen LogP contribution in [0.1, 0.15) is 12.8 Å². The maximum Gasteiger partial charge on any atom is 0.106 e. The van der Waals surface area contributed by atoms with E-state index >= 15 is 0 Å². The van der Waals surface area contributed by atoms with Crippen LogP contribution < -0.4 is 11.1 Å². The Morgan fingerprint density at radius 1 is 1.33 bits per heavy atom. The molecule has 1 aliphatic heterocycles. The van der Waals surface area contributed by atoms with Crippen LogP contribution in [0.5, 0.6) is 0 Å². The molecule has 0 unspecified atom stereocenters. The van der Waals surface area contributed by atoms with Crippen molar-refractivity contribution in [1.29, 1.82) is 0 Å². The summed E-state index contributed by atoms with van der Waals surface area (Å²) >= 11 is 3.70. The van der Waals surface area contributed by atoms with Crippen molar-refractivity contribution in [3.05, 3.63) is 17.6 Å². The Hall–Kier alpha value is -0.940. The van der Waals surface area contributed by atoms with Crippen LogP contribution in [0.3, 0.4) is 0 Å². The van der Waals surface area contributed by atoms with Gasteiger partial charge >= 0.3 is 0 Å². The standard InChI is InChI=1S/C13H17N3S2/c14-12-10(1-2-11-13(12)16-8-18-11)15-7-9-3-5-17-6-4-9/h1-2,8-9,15H,3-7,14H2. The number of nitrogens with zero attached hydrogens (tertiary/aromatic N) is 1. The lowest BCUT2D eigenvalue weighted by Gasteiger charge is -2.22. The molecule has 3 N–H and O–H groups in total. The van der Waals surface area contributed by atoms with Crippen molar-refractivity contribution in [3.8, 4) is 0 Å². The number of nitrogens with one attached hydrogen (secondary N) is 1. The highest BCUT2D eigenvalue weighted by Crippen LogP contribution is 2.31. The third kappa shape index (κ3) is 2.42. The molecule has 0 amide bonds. The Bertz CT molecular complexity index is 532. The van der Waals surface area contributed by atoms with Crippen LogP contribution in [0.15, 0.2) is 17.6 Å². The minimum atomic E-state index is 0.789. The number of hydrogen-bond donors (Lipinski definition) is 2. The van der Waals surface area contributed by atoms with Gasteiger partial charge in [0.25, 0.3) is 0 Å². The second-order valence-corrected chi connectivity index (χ2v) is 6.77. The van der Waals surface area contributed by atoms with Gasteiger partial charge in [0.2, 0.25) is 0 Å². The molecule has 0 spiro atoms. The number of rotatable bonds is 3. The van der Waals surface area contributed by atoms with E-state index in [1.807, 2.05) is 5.51 Å². The summed E-state index contributed by atoms with van der Waals surface area (Å²) in [6.07, 6.45) is 2.63. The Morgan fingerprint density at radius 2 is 2.17 bits per heavy atom. The third-order valence-electron chi connectivity index (χ3n) is 3.46. The minimum Gasteiger partial charge on any atom is -0.395 e. The van der Waals surface area contributed by atoms with Gasteiger partial charge in [0, 0.05) is 6.54 Å². The molecule has 0 aliphatic carbocycles. The van der Waals surface area contributed by atoms with Crippen LogP contribution in [0.4, 0.5) is 11.4 Å². The number of benzene rings is 1. The number of nitrogens with two attached hydrogens (primary N) is 1. The van der Waals surface area contributed by atoms with E-state index in [-0.39, 0.29) is 0 Å². The largest absolute Gasteiger partial charge is 0.395 e. The van der Waals surface area contributed by atoms with Crippen LogP contribution in [0.2, 0.25) is 0 Å². The number of fused-ring (bicyclic) bond motifs is 1. The second kappa shape index (κ2) is 5.36. The Labute approximate surface area is 115 Å². The highest BCUT2D eigenvalue weighted by Gasteiger charge is 2.14. The number of thioether (sulfide) groups is 1. The normalized spacial score (nSPS) is 17.1. The van der Waals surface area contributed by atoms with Crippen molar-refractivity contribution >= 4 is 44.7 Å². The molecule has 0 bridgehead atoms. The lowest BCUT2D eigenvalue weighted by molar-refractivity contribution is 0.516. The van der Waals surface area contributed by atoms with Gasteiger partial charge in [-0.15, -0.1) is 11.3 Å². The summed E-state index contributed by atoms with van der Waals surface area (Å²) in [7, 11) is 0. The van der Waals surface area contributed by atoms with E-state index in [1.54, 1.807) is 11.3 Å². The first kappa shape index (κ1) is 12.1. The van der Waals surface area contributed by atoms with Gasteiger partial charge in [-0.3, -0.25) is 0 Å². The van der Waals surface area contributed by atoms with E-state index in [0.29, 0.717) is 0 Å². The number of nitrogen functional groups attached to an aromatic ring is 1. The van der Waals surface area contributed by atoms with E-state index in [9.17, 15) is 0 Å². The smallest absolute Gasteiger partial charge is 0.106 e. The van der Waals surface area contributed by atoms with E-state index in [1.165, 1.54) is 24.3 Å². The quantitative estimate of drug-likeness (QED) is 0.845. The predicted molar refractivity (Wildman–Crippen MR) is 82.6 cm³/mol. The molecule has 18 heavy (non-hydrogen) atoms. The SMILES string of the molecule is Nc1c(NCC2CCSCC2)ccc2scnc12. The first-order valence-electron chi connectivity index (χ1n) is 6.28. The zero-order chi connectivity index (χ0) is 12.4. The first-order chi connectivity index (χ1) is 8.84. The van der Waals surface area contributed by atoms with Gasteiger partial charge in [-0.05, 0) is 42.4 Å². The monoisotopic (exact) mass is 279 g/mol. The van der Waals surface area contributed by atoms with Crippen molar-refractivity contribution in [2.75, 3.05) is 29.1 Å². The summed E-state index contributed by atoms with van der Waals surface area (Å²) < 4.78 is 1.16. The molecule has 2 aromatic rings. The maximum atomic E-state index is 6.16. The first-order valence-corrected chi connectivity index (χ1v) is 8.31. The van der Waals surface area contributed by atoms with Gasteiger partial charge in [-0.2, -0.15) is 11.8 Å². The molecule has 0 radical (unpaired) electrons. The molecule has 3 nitrogen and oxygen atoms in total. The van der Waals surface area contributed by atoms with Crippen molar-refractivity contribution in [2.24, 2.45) is 5.92 Å². The molecule has 1 saturated heterocycles. The van der Waals surface area contributed by atoms with Gasteiger partial charge in [0.15, 0.2) is 0 Å². The molecule has 1 aliphatic rings. The lowest BCUT2D eigenvalue weighted by atomic mass is 10.0. The van der Waals surface area contributed by atoms with Crippen molar-refractivity contribution in [1.82, 2.24) is 4.98 Å². The average molecular weight is 279 g/mol. The summed E-state index contributed by atoms with van der Waals surface area (Å²) in [5.41, 5.74) is 10.8. The van der Waals surface area contributed by atoms with E-state index in [4.69, 9.17) is 5.73 Å². The van der Waals surface area contributed by atoms with Gasteiger partial charge in [0.1, 0.15) is 5.52 Å². The molecule has 96 valence electrons. The van der Waals surface area contributed by atoms with Gasteiger partial charge in [-0.1, -0.05) is 0 Å². The van der Waals surface area contributed by atoms with Crippen LogP contribution in [0, 0.1) is 5.92 Å². The molecule has 3 rings (SSSR count). The summed E-state index contributed by atoms with van der Waals surface area (Å²) in [4.78, 5) is 4.32. The number of thiazole rings is 1. The van der Waals surface area contributed by atoms with Gasteiger partial charge in [-0.25, -0.2) is 4.98 Å². The van der Waals surface area contributed by atoms with Crippen molar-refractivity contribution in [3.63, 3.8) is 0 Å². The number of anilines is 2. The van der Waals surface area contributed by atoms with Crippen LogP contribution in [-0.2, 0) is 0 Å². The molecule has 0 atom stereocenters. The molecular formula is C13H17N3S2.